The third kappa shape index (κ3) is 3.53. The molecule has 0 unspecified atom stereocenters. The van der Waals surface area contributed by atoms with Gasteiger partial charge in [-0.1, -0.05) is 36.4 Å². The van der Waals surface area contributed by atoms with Gasteiger partial charge in [0.25, 0.3) is 0 Å². The van der Waals surface area contributed by atoms with Crippen molar-refractivity contribution in [3.8, 4) is 0 Å². The molecule has 0 spiro atoms. The van der Waals surface area contributed by atoms with Crippen LogP contribution in [-0.4, -0.2) is 10.9 Å². The Morgan fingerprint density at radius 2 is 1.71 bits per heavy atom. The Balaban J connectivity index is 1.73. The van der Waals surface area contributed by atoms with Gasteiger partial charge in [0.2, 0.25) is 5.91 Å². The average Bonchev–Trinajstić information content (AvgIpc) is 2.55. The summed E-state index contributed by atoms with van der Waals surface area (Å²) in [5.41, 5.74) is 0.351. The van der Waals surface area contributed by atoms with Crippen LogP contribution < -0.4 is 5.32 Å². The molecule has 1 amide bonds. The highest BCUT2D eigenvalue weighted by Gasteiger charge is 2.29. The van der Waals surface area contributed by atoms with E-state index < -0.39 is 11.7 Å². The maximum absolute atomic E-state index is 12.5. The lowest BCUT2D eigenvalue weighted by molar-refractivity contribution is -0.137. The van der Waals surface area contributed by atoms with E-state index in [9.17, 15) is 18.0 Å². The highest BCUT2D eigenvalue weighted by atomic mass is 19.4. The lowest BCUT2D eigenvalue weighted by Crippen LogP contribution is -2.15. The first-order valence-corrected chi connectivity index (χ1v) is 7.22. The monoisotopic (exact) mass is 330 g/mol. The summed E-state index contributed by atoms with van der Waals surface area (Å²) >= 11 is 0. The molecule has 0 bridgehead atoms. The third-order valence-corrected chi connectivity index (χ3v) is 3.59. The summed E-state index contributed by atoms with van der Waals surface area (Å²) in [5, 5.41) is 4.50. The molecule has 0 radical (unpaired) electrons. The molecule has 0 atom stereocenters. The van der Waals surface area contributed by atoms with Crippen LogP contribution in [0.3, 0.4) is 0 Å². The highest BCUT2D eigenvalue weighted by molar-refractivity contribution is 6.02. The molecular formula is C18H13F3N2O. The Hall–Kier alpha value is -2.89. The number of hydrogen-bond acceptors (Lipinski definition) is 2. The summed E-state index contributed by atoms with van der Waals surface area (Å²) in [4.78, 5) is 16.2. The van der Waals surface area contributed by atoms with Gasteiger partial charge in [0.05, 0.1) is 23.9 Å². The van der Waals surface area contributed by atoms with E-state index in [1.54, 1.807) is 12.4 Å². The standard InChI is InChI=1S/C18H13F3N2O/c19-18(20,21)14-7-5-12(6-8-14)9-17(24)23-16-11-22-10-13-3-1-2-4-15(13)16/h1-8,10-11H,9H2,(H,23,24). The molecule has 0 saturated carbocycles. The second-order valence-corrected chi connectivity index (χ2v) is 5.33. The van der Waals surface area contributed by atoms with Crippen LogP contribution in [0.4, 0.5) is 18.9 Å². The van der Waals surface area contributed by atoms with Gasteiger partial charge in [-0.2, -0.15) is 13.2 Å². The zero-order valence-corrected chi connectivity index (χ0v) is 12.5. The van der Waals surface area contributed by atoms with E-state index in [0.29, 0.717) is 11.3 Å². The number of rotatable bonds is 3. The molecule has 1 heterocycles. The molecule has 6 heteroatoms. The number of hydrogen-bond donors (Lipinski definition) is 1. The first-order chi connectivity index (χ1) is 11.4. The van der Waals surface area contributed by atoms with Crippen LogP contribution in [0, 0.1) is 0 Å². The fourth-order valence-corrected chi connectivity index (χ4v) is 2.41. The molecule has 0 aliphatic carbocycles. The van der Waals surface area contributed by atoms with Crippen molar-refractivity contribution >= 4 is 22.4 Å². The number of benzene rings is 2. The van der Waals surface area contributed by atoms with Crippen molar-refractivity contribution in [1.29, 1.82) is 0 Å². The Morgan fingerprint density at radius 3 is 2.42 bits per heavy atom. The number of alkyl halides is 3. The summed E-state index contributed by atoms with van der Waals surface area (Å²) in [6.45, 7) is 0. The maximum atomic E-state index is 12.5. The van der Waals surface area contributed by atoms with Gasteiger partial charge in [-0.05, 0) is 17.7 Å². The van der Waals surface area contributed by atoms with Crippen molar-refractivity contribution in [3.63, 3.8) is 0 Å². The molecule has 3 nitrogen and oxygen atoms in total. The molecule has 24 heavy (non-hydrogen) atoms. The van der Waals surface area contributed by atoms with Crippen LogP contribution in [0.2, 0.25) is 0 Å². The van der Waals surface area contributed by atoms with E-state index in [1.165, 1.54) is 12.1 Å². The number of anilines is 1. The van der Waals surface area contributed by atoms with Crippen LogP contribution >= 0.6 is 0 Å². The maximum Gasteiger partial charge on any atom is 0.416 e. The van der Waals surface area contributed by atoms with Crippen molar-refractivity contribution in [2.45, 2.75) is 12.6 Å². The van der Waals surface area contributed by atoms with Gasteiger partial charge in [-0.3, -0.25) is 9.78 Å². The number of amides is 1. The van der Waals surface area contributed by atoms with Gasteiger partial charge in [-0.25, -0.2) is 0 Å². The molecule has 0 saturated heterocycles. The summed E-state index contributed by atoms with van der Waals surface area (Å²) in [6, 6.07) is 12.0. The van der Waals surface area contributed by atoms with Crippen LogP contribution in [0.15, 0.2) is 60.9 Å². The molecule has 3 aromatic rings. The fraction of sp³-hybridized carbons (Fsp3) is 0.111. The Kier molecular flexibility index (Phi) is 4.20. The molecule has 0 aliphatic rings. The zero-order chi connectivity index (χ0) is 17.2. The minimum Gasteiger partial charge on any atom is -0.324 e. The molecule has 0 fully saturated rings. The topological polar surface area (TPSA) is 42.0 Å². The van der Waals surface area contributed by atoms with E-state index in [2.05, 4.69) is 10.3 Å². The molecule has 1 N–H and O–H groups in total. The van der Waals surface area contributed by atoms with Crippen molar-refractivity contribution in [1.82, 2.24) is 4.98 Å². The molecule has 3 rings (SSSR count). The molecule has 122 valence electrons. The van der Waals surface area contributed by atoms with Crippen molar-refractivity contribution in [2.24, 2.45) is 0 Å². The first-order valence-electron chi connectivity index (χ1n) is 7.22. The summed E-state index contributed by atoms with van der Waals surface area (Å²) in [7, 11) is 0. The fourth-order valence-electron chi connectivity index (χ4n) is 2.41. The van der Waals surface area contributed by atoms with Crippen molar-refractivity contribution < 1.29 is 18.0 Å². The van der Waals surface area contributed by atoms with E-state index in [-0.39, 0.29) is 12.3 Å². The number of carbonyl (C=O) groups excluding carboxylic acids is 1. The minimum atomic E-state index is -4.38. The Morgan fingerprint density at radius 1 is 1.00 bits per heavy atom. The second kappa shape index (κ2) is 6.31. The molecule has 2 aromatic carbocycles. The lowest BCUT2D eigenvalue weighted by atomic mass is 10.1. The molecule has 1 aromatic heterocycles. The Labute approximate surface area is 136 Å². The number of nitrogens with zero attached hydrogens (tertiary/aromatic N) is 1. The van der Waals surface area contributed by atoms with E-state index in [1.807, 2.05) is 24.3 Å². The molecule has 0 aliphatic heterocycles. The quantitative estimate of drug-likeness (QED) is 0.772. The second-order valence-electron chi connectivity index (χ2n) is 5.33. The summed E-state index contributed by atoms with van der Waals surface area (Å²) in [6.07, 6.45) is -1.15. The third-order valence-electron chi connectivity index (χ3n) is 3.59. The number of aromatic nitrogens is 1. The number of nitrogens with one attached hydrogen (secondary N) is 1. The minimum absolute atomic E-state index is 0.0125. The average molecular weight is 330 g/mol. The van der Waals surface area contributed by atoms with Gasteiger partial charge in [-0.15, -0.1) is 0 Å². The number of halogens is 3. The lowest BCUT2D eigenvalue weighted by Gasteiger charge is -2.09. The van der Waals surface area contributed by atoms with Crippen molar-refractivity contribution in [3.05, 3.63) is 72.1 Å². The predicted molar refractivity (Wildman–Crippen MR) is 85.5 cm³/mol. The largest absolute Gasteiger partial charge is 0.416 e. The van der Waals surface area contributed by atoms with Crippen LogP contribution in [-0.2, 0) is 17.4 Å². The smallest absolute Gasteiger partial charge is 0.324 e. The molecular weight excluding hydrogens is 317 g/mol. The number of carbonyl (C=O) groups is 1. The summed E-state index contributed by atoms with van der Waals surface area (Å²) in [5.74, 6) is -0.312. The normalized spacial score (nSPS) is 11.5. The van der Waals surface area contributed by atoms with Gasteiger partial charge in [0.1, 0.15) is 0 Å². The van der Waals surface area contributed by atoms with Gasteiger partial charge >= 0.3 is 6.18 Å². The number of fused-ring (bicyclic) bond motifs is 1. The van der Waals surface area contributed by atoms with Crippen LogP contribution in [0.5, 0.6) is 0 Å². The summed E-state index contributed by atoms with van der Waals surface area (Å²) < 4.78 is 37.6. The van der Waals surface area contributed by atoms with Crippen LogP contribution in [0.25, 0.3) is 10.8 Å². The predicted octanol–water partition coefficient (Wildman–Crippen LogP) is 4.43. The highest BCUT2D eigenvalue weighted by Crippen LogP contribution is 2.29. The van der Waals surface area contributed by atoms with Crippen LogP contribution in [0.1, 0.15) is 11.1 Å². The first kappa shape index (κ1) is 16.0. The van der Waals surface area contributed by atoms with Crippen molar-refractivity contribution in [2.75, 3.05) is 5.32 Å². The zero-order valence-electron chi connectivity index (χ0n) is 12.5. The van der Waals surface area contributed by atoms with E-state index in [4.69, 9.17) is 0 Å². The van der Waals surface area contributed by atoms with Gasteiger partial charge < -0.3 is 5.32 Å². The van der Waals surface area contributed by atoms with E-state index in [0.717, 1.165) is 22.9 Å². The van der Waals surface area contributed by atoms with Gasteiger partial charge in [0, 0.05) is 17.0 Å². The van der Waals surface area contributed by atoms with E-state index >= 15 is 0 Å². The SMILES string of the molecule is O=C(Cc1ccc(C(F)(F)F)cc1)Nc1cncc2ccccc12. The number of pyridine rings is 1. The Bertz CT molecular complexity index is 868. The van der Waals surface area contributed by atoms with Gasteiger partial charge in [0.15, 0.2) is 0 Å².